The second-order valence-corrected chi connectivity index (χ2v) is 5.06. The zero-order valence-electron chi connectivity index (χ0n) is 11.2. The molecule has 0 aromatic carbocycles. The van der Waals surface area contributed by atoms with E-state index in [1.165, 1.54) is 0 Å². The Morgan fingerprint density at radius 3 is 2.83 bits per heavy atom. The van der Waals surface area contributed by atoms with Gasteiger partial charge in [-0.05, 0) is 24.7 Å². The van der Waals surface area contributed by atoms with E-state index in [9.17, 15) is 9.59 Å². The Morgan fingerprint density at radius 1 is 1.50 bits per heavy atom. The van der Waals surface area contributed by atoms with Gasteiger partial charge in [-0.3, -0.25) is 9.59 Å². The number of carboxylic acids is 1. The van der Waals surface area contributed by atoms with Crippen molar-refractivity contribution in [1.82, 2.24) is 4.90 Å². The smallest absolute Gasteiger partial charge is 0.303 e. The van der Waals surface area contributed by atoms with Gasteiger partial charge in [-0.15, -0.1) is 0 Å². The van der Waals surface area contributed by atoms with E-state index in [-0.39, 0.29) is 18.2 Å². The molecule has 2 unspecified atom stereocenters. The quantitative estimate of drug-likeness (QED) is 0.780. The number of rotatable bonds is 6. The third-order valence-corrected chi connectivity index (χ3v) is 3.63. The van der Waals surface area contributed by atoms with E-state index in [1.54, 1.807) is 7.11 Å². The number of carboxylic acid groups (broad SMARTS) is 1. The molecule has 1 aliphatic heterocycles. The maximum absolute atomic E-state index is 11.9. The van der Waals surface area contributed by atoms with Crippen molar-refractivity contribution in [2.45, 2.75) is 32.6 Å². The van der Waals surface area contributed by atoms with Gasteiger partial charge in [0.05, 0.1) is 13.0 Å². The molecule has 1 rings (SSSR count). The third-order valence-electron chi connectivity index (χ3n) is 3.63. The van der Waals surface area contributed by atoms with E-state index in [4.69, 9.17) is 9.84 Å². The topological polar surface area (TPSA) is 66.8 Å². The fraction of sp³-hybridized carbons (Fsp3) is 0.846. The summed E-state index contributed by atoms with van der Waals surface area (Å²) in [4.78, 5) is 24.4. The average molecular weight is 257 g/mol. The van der Waals surface area contributed by atoms with Gasteiger partial charge in [-0.25, -0.2) is 0 Å². The molecule has 0 aromatic rings. The Balaban J connectivity index is 2.44. The molecule has 18 heavy (non-hydrogen) atoms. The first-order valence-corrected chi connectivity index (χ1v) is 6.53. The number of carbonyl (C=O) groups is 2. The lowest BCUT2D eigenvalue weighted by Crippen LogP contribution is -2.42. The summed E-state index contributed by atoms with van der Waals surface area (Å²) in [5.74, 6) is -0.212. The van der Waals surface area contributed by atoms with Crippen molar-refractivity contribution >= 4 is 11.9 Å². The van der Waals surface area contributed by atoms with Crippen LogP contribution in [-0.2, 0) is 14.3 Å². The van der Waals surface area contributed by atoms with Gasteiger partial charge in [-0.1, -0.05) is 6.92 Å². The lowest BCUT2D eigenvalue weighted by Gasteiger charge is -2.35. The van der Waals surface area contributed by atoms with Crippen molar-refractivity contribution in [3.63, 3.8) is 0 Å². The fourth-order valence-corrected chi connectivity index (χ4v) is 2.49. The first kappa shape index (κ1) is 15.0. The van der Waals surface area contributed by atoms with Crippen molar-refractivity contribution in [3.8, 4) is 0 Å². The number of carbonyl (C=O) groups excluding carboxylic acids is 1. The second-order valence-electron chi connectivity index (χ2n) is 5.06. The van der Waals surface area contributed by atoms with Crippen LogP contribution in [0.3, 0.4) is 0 Å². The molecule has 1 N–H and O–H groups in total. The highest BCUT2D eigenvalue weighted by molar-refractivity contribution is 5.76. The second kappa shape index (κ2) is 7.36. The number of piperidine rings is 1. The van der Waals surface area contributed by atoms with Crippen LogP contribution in [0.25, 0.3) is 0 Å². The van der Waals surface area contributed by atoms with E-state index in [0.29, 0.717) is 25.5 Å². The van der Waals surface area contributed by atoms with Gasteiger partial charge in [0, 0.05) is 26.6 Å². The Morgan fingerprint density at radius 2 is 2.22 bits per heavy atom. The van der Waals surface area contributed by atoms with E-state index in [0.717, 1.165) is 19.4 Å². The molecule has 1 saturated heterocycles. The molecular formula is C13H23NO4. The minimum atomic E-state index is -0.759. The summed E-state index contributed by atoms with van der Waals surface area (Å²) in [7, 11) is 1.58. The zero-order valence-corrected chi connectivity index (χ0v) is 11.2. The fourth-order valence-electron chi connectivity index (χ4n) is 2.49. The molecule has 104 valence electrons. The van der Waals surface area contributed by atoms with Crippen molar-refractivity contribution in [2.24, 2.45) is 11.8 Å². The predicted octanol–water partition coefficient (Wildman–Crippen LogP) is 1.37. The minimum absolute atomic E-state index is 0.115. The van der Waals surface area contributed by atoms with Crippen LogP contribution >= 0.6 is 0 Å². The summed E-state index contributed by atoms with van der Waals surface area (Å²) in [6.45, 7) is 3.89. The van der Waals surface area contributed by atoms with Crippen LogP contribution in [-0.4, -0.2) is 48.7 Å². The molecule has 0 saturated carbocycles. The van der Waals surface area contributed by atoms with Gasteiger partial charge in [0.1, 0.15) is 0 Å². The summed E-state index contributed by atoms with van der Waals surface area (Å²) in [5.41, 5.74) is 0. The van der Waals surface area contributed by atoms with Crippen LogP contribution in [0.2, 0.25) is 0 Å². The SMILES string of the molecule is COCCC(=O)N1CCCC(C(C)CC(=O)O)C1. The maximum atomic E-state index is 11.9. The number of nitrogens with zero attached hydrogens (tertiary/aromatic N) is 1. The lowest BCUT2D eigenvalue weighted by atomic mass is 9.84. The Hall–Kier alpha value is -1.10. The number of methoxy groups -OCH3 is 1. The Kier molecular flexibility index (Phi) is 6.12. The number of likely N-dealkylation sites (tertiary alicyclic amines) is 1. The standard InChI is InChI=1S/C13H23NO4/c1-10(8-13(16)17)11-4-3-6-14(9-11)12(15)5-7-18-2/h10-11H,3-9H2,1-2H3,(H,16,17). The van der Waals surface area contributed by atoms with Crippen molar-refractivity contribution < 1.29 is 19.4 Å². The normalized spacial score (nSPS) is 21.7. The minimum Gasteiger partial charge on any atom is -0.481 e. The zero-order chi connectivity index (χ0) is 13.5. The van der Waals surface area contributed by atoms with Crippen molar-refractivity contribution in [3.05, 3.63) is 0 Å². The number of hydrogen-bond acceptors (Lipinski definition) is 3. The number of ether oxygens (including phenoxy) is 1. The molecule has 5 nitrogen and oxygen atoms in total. The molecule has 1 amide bonds. The molecular weight excluding hydrogens is 234 g/mol. The molecule has 1 heterocycles. The first-order valence-electron chi connectivity index (χ1n) is 6.53. The largest absolute Gasteiger partial charge is 0.481 e. The third kappa shape index (κ3) is 4.64. The van der Waals surface area contributed by atoms with Crippen LogP contribution in [0.5, 0.6) is 0 Å². The highest BCUT2D eigenvalue weighted by atomic mass is 16.5. The van der Waals surface area contributed by atoms with E-state index >= 15 is 0 Å². The van der Waals surface area contributed by atoms with Crippen LogP contribution in [0.1, 0.15) is 32.6 Å². The highest BCUT2D eigenvalue weighted by Gasteiger charge is 2.27. The highest BCUT2D eigenvalue weighted by Crippen LogP contribution is 2.26. The molecule has 1 fully saturated rings. The van der Waals surface area contributed by atoms with Crippen molar-refractivity contribution in [1.29, 1.82) is 0 Å². The molecule has 0 spiro atoms. The molecule has 0 bridgehead atoms. The summed E-state index contributed by atoms with van der Waals surface area (Å²) in [6, 6.07) is 0. The van der Waals surface area contributed by atoms with E-state index in [1.807, 2.05) is 11.8 Å². The average Bonchev–Trinajstić information content (AvgIpc) is 2.35. The van der Waals surface area contributed by atoms with E-state index < -0.39 is 5.97 Å². The molecule has 0 aliphatic carbocycles. The summed E-state index contributed by atoms with van der Waals surface area (Å²) in [6.07, 6.45) is 2.58. The van der Waals surface area contributed by atoms with Crippen LogP contribution in [0, 0.1) is 11.8 Å². The van der Waals surface area contributed by atoms with Gasteiger partial charge in [0.15, 0.2) is 0 Å². The van der Waals surface area contributed by atoms with Crippen LogP contribution in [0.4, 0.5) is 0 Å². The molecule has 2 atom stereocenters. The summed E-state index contributed by atoms with van der Waals surface area (Å²) < 4.78 is 4.91. The monoisotopic (exact) mass is 257 g/mol. The van der Waals surface area contributed by atoms with Gasteiger partial charge < -0.3 is 14.7 Å². The first-order chi connectivity index (χ1) is 8.54. The van der Waals surface area contributed by atoms with Crippen LogP contribution < -0.4 is 0 Å². The predicted molar refractivity (Wildman–Crippen MR) is 67.2 cm³/mol. The van der Waals surface area contributed by atoms with Gasteiger partial charge in [-0.2, -0.15) is 0 Å². The number of hydrogen-bond donors (Lipinski definition) is 1. The van der Waals surface area contributed by atoms with Gasteiger partial charge in [0.2, 0.25) is 5.91 Å². The molecule has 0 aromatic heterocycles. The lowest BCUT2D eigenvalue weighted by molar-refractivity contribution is -0.138. The molecule has 0 radical (unpaired) electrons. The molecule has 5 heteroatoms. The Labute approximate surface area is 108 Å². The van der Waals surface area contributed by atoms with E-state index in [2.05, 4.69) is 0 Å². The van der Waals surface area contributed by atoms with Crippen molar-refractivity contribution in [2.75, 3.05) is 26.8 Å². The Bertz CT molecular complexity index is 293. The van der Waals surface area contributed by atoms with Gasteiger partial charge >= 0.3 is 5.97 Å². The summed E-state index contributed by atoms with van der Waals surface area (Å²) >= 11 is 0. The number of amides is 1. The summed E-state index contributed by atoms with van der Waals surface area (Å²) in [5, 5.41) is 8.81. The molecule has 1 aliphatic rings. The number of aliphatic carboxylic acids is 1. The maximum Gasteiger partial charge on any atom is 0.303 e. The van der Waals surface area contributed by atoms with Gasteiger partial charge in [0.25, 0.3) is 0 Å². The van der Waals surface area contributed by atoms with Crippen LogP contribution in [0.15, 0.2) is 0 Å².